The van der Waals surface area contributed by atoms with Crippen LogP contribution in [0.3, 0.4) is 0 Å². The van der Waals surface area contributed by atoms with Crippen LogP contribution in [0.4, 0.5) is 0 Å². The zero-order valence-electron chi connectivity index (χ0n) is 12.5. The number of aromatic nitrogens is 1. The molecule has 5 heteroatoms. The van der Waals surface area contributed by atoms with Crippen LogP contribution < -0.4 is 10.6 Å². The van der Waals surface area contributed by atoms with E-state index in [0.29, 0.717) is 6.54 Å². The number of amides is 1. The molecule has 4 nitrogen and oxygen atoms in total. The van der Waals surface area contributed by atoms with Crippen molar-refractivity contribution in [2.24, 2.45) is 0 Å². The summed E-state index contributed by atoms with van der Waals surface area (Å²) in [4.78, 5) is 16.7. The first kappa shape index (κ1) is 15.7. The molecule has 1 aromatic carbocycles. The Bertz CT molecular complexity index is 595. The minimum atomic E-state index is -0.00465. The minimum absolute atomic E-state index is 0.00465. The standard InChI is InChI=1S/C16H21N3OS/c1-12-11-21-15(19-12)8-10-18-16(20)14-6-4-3-5-13(14)7-9-17-2/h3-6,11,17H,7-10H2,1-2H3,(H,18,20). The largest absolute Gasteiger partial charge is 0.352 e. The van der Waals surface area contributed by atoms with Gasteiger partial charge in [0.25, 0.3) is 5.91 Å². The van der Waals surface area contributed by atoms with Crippen LogP contribution in [0.2, 0.25) is 0 Å². The van der Waals surface area contributed by atoms with E-state index in [-0.39, 0.29) is 5.91 Å². The molecule has 0 spiro atoms. The van der Waals surface area contributed by atoms with Crippen molar-refractivity contribution in [3.8, 4) is 0 Å². The minimum Gasteiger partial charge on any atom is -0.352 e. The average Bonchev–Trinajstić information content (AvgIpc) is 2.91. The van der Waals surface area contributed by atoms with Crippen molar-refractivity contribution >= 4 is 17.2 Å². The molecule has 0 unspecified atom stereocenters. The molecule has 0 aliphatic carbocycles. The number of hydrogen-bond acceptors (Lipinski definition) is 4. The molecule has 0 radical (unpaired) electrons. The highest BCUT2D eigenvalue weighted by molar-refractivity contribution is 7.09. The van der Waals surface area contributed by atoms with Gasteiger partial charge in [-0.15, -0.1) is 11.3 Å². The van der Waals surface area contributed by atoms with Crippen LogP contribution in [0.1, 0.15) is 26.6 Å². The monoisotopic (exact) mass is 303 g/mol. The Morgan fingerprint density at radius 3 is 2.76 bits per heavy atom. The summed E-state index contributed by atoms with van der Waals surface area (Å²) < 4.78 is 0. The summed E-state index contributed by atoms with van der Waals surface area (Å²) in [6.07, 6.45) is 1.63. The molecule has 0 aliphatic rings. The molecule has 0 bridgehead atoms. The lowest BCUT2D eigenvalue weighted by atomic mass is 10.0. The van der Waals surface area contributed by atoms with Crippen molar-refractivity contribution in [1.82, 2.24) is 15.6 Å². The SMILES string of the molecule is CNCCc1ccccc1C(=O)NCCc1nc(C)cs1. The summed E-state index contributed by atoms with van der Waals surface area (Å²) in [7, 11) is 1.92. The van der Waals surface area contributed by atoms with E-state index in [1.807, 2.05) is 43.6 Å². The van der Waals surface area contributed by atoms with Gasteiger partial charge in [0.05, 0.1) is 5.01 Å². The quantitative estimate of drug-likeness (QED) is 0.824. The Morgan fingerprint density at radius 2 is 2.05 bits per heavy atom. The number of benzene rings is 1. The third-order valence-electron chi connectivity index (χ3n) is 3.20. The van der Waals surface area contributed by atoms with Crippen molar-refractivity contribution in [3.63, 3.8) is 0 Å². The van der Waals surface area contributed by atoms with Crippen LogP contribution >= 0.6 is 11.3 Å². The lowest BCUT2D eigenvalue weighted by molar-refractivity contribution is 0.0953. The topological polar surface area (TPSA) is 54.0 Å². The highest BCUT2D eigenvalue weighted by Crippen LogP contribution is 2.10. The maximum atomic E-state index is 12.3. The summed E-state index contributed by atoms with van der Waals surface area (Å²) >= 11 is 1.64. The van der Waals surface area contributed by atoms with Crippen molar-refractivity contribution in [1.29, 1.82) is 0 Å². The number of aryl methyl sites for hydroxylation is 1. The van der Waals surface area contributed by atoms with Crippen molar-refractivity contribution < 1.29 is 4.79 Å². The third kappa shape index (κ3) is 4.65. The fourth-order valence-electron chi connectivity index (χ4n) is 2.12. The second-order valence-corrected chi connectivity index (χ2v) is 5.84. The van der Waals surface area contributed by atoms with Gasteiger partial charge in [-0.3, -0.25) is 4.79 Å². The summed E-state index contributed by atoms with van der Waals surface area (Å²) in [6.45, 7) is 3.46. The van der Waals surface area contributed by atoms with Crippen LogP contribution in [0, 0.1) is 6.92 Å². The van der Waals surface area contributed by atoms with E-state index in [9.17, 15) is 4.79 Å². The van der Waals surface area contributed by atoms with Crippen LogP contribution in [-0.4, -0.2) is 31.0 Å². The molecule has 0 atom stereocenters. The van der Waals surface area contributed by atoms with E-state index >= 15 is 0 Å². The summed E-state index contributed by atoms with van der Waals surface area (Å²) in [5.74, 6) is -0.00465. The zero-order valence-corrected chi connectivity index (χ0v) is 13.3. The number of rotatable bonds is 7. The molecule has 112 valence electrons. The van der Waals surface area contributed by atoms with Crippen LogP contribution in [0.25, 0.3) is 0 Å². The van der Waals surface area contributed by atoms with Gasteiger partial charge in [0.2, 0.25) is 0 Å². The Morgan fingerprint density at radius 1 is 1.24 bits per heavy atom. The predicted molar refractivity (Wildman–Crippen MR) is 87.0 cm³/mol. The Hall–Kier alpha value is -1.72. The van der Waals surface area contributed by atoms with Gasteiger partial charge in [-0.25, -0.2) is 4.98 Å². The summed E-state index contributed by atoms with van der Waals surface area (Å²) in [6, 6.07) is 7.77. The average molecular weight is 303 g/mol. The number of nitrogens with one attached hydrogen (secondary N) is 2. The van der Waals surface area contributed by atoms with E-state index in [2.05, 4.69) is 15.6 Å². The van der Waals surface area contributed by atoms with Crippen LogP contribution in [0.5, 0.6) is 0 Å². The Kier molecular flexibility index (Phi) is 5.90. The molecule has 1 heterocycles. The van der Waals surface area contributed by atoms with Crippen LogP contribution in [0.15, 0.2) is 29.6 Å². The summed E-state index contributed by atoms with van der Waals surface area (Å²) in [5.41, 5.74) is 2.89. The molecule has 21 heavy (non-hydrogen) atoms. The van der Waals surface area contributed by atoms with E-state index in [0.717, 1.165) is 41.2 Å². The molecule has 1 amide bonds. The molecule has 0 aliphatic heterocycles. The number of nitrogens with zero attached hydrogens (tertiary/aromatic N) is 1. The second kappa shape index (κ2) is 7.90. The fourth-order valence-corrected chi connectivity index (χ4v) is 2.89. The van der Waals surface area contributed by atoms with E-state index in [4.69, 9.17) is 0 Å². The first-order chi connectivity index (χ1) is 10.2. The lowest BCUT2D eigenvalue weighted by Gasteiger charge is -2.09. The third-order valence-corrected chi connectivity index (χ3v) is 4.22. The van der Waals surface area contributed by atoms with Gasteiger partial charge in [-0.1, -0.05) is 18.2 Å². The highest BCUT2D eigenvalue weighted by Gasteiger charge is 2.10. The molecule has 1 aromatic heterocycles. The van der Waals surface area contributed by atoms with Crippen molar-refractivity contribution in [2.75, 3.05) is 20.1 Å². The van der Waals surface area contributed by atoms with E-state index in [1.54, 1.807) is 11.3 Å². The maximum absolute atomic E-state index is 12.3. The van der Waals surface area contributed by atoms with Gasteiger partial charge in [0.15, 0.2) is 0 Å². The smallest absolute Gasteiger partial charge is 0.251 e. The fraction of sp³-hybridized carbons (Fsp3) is 0.375. The molecule has 2 rings (SSSR count). The number of thiazole rings is 1. The first-order valence-corrected chi connectivity index (χ1v) is 8.00. The molecular weight excluding hydrogens is 282 g/mol. The number of likely N-dealkylation sites (N-methyl/N-ethyl adjacent to an activating group) is 1. The van der Waals surface area contributed by atoms with Crippen molar-refractivity contribution in [3.05, 3.63) is 51.5 Å². The van der Waals surface area contributed by atoms with Crippen molar-refractivity contribution in [2.45, 2.75) is 19.8 Å². The normalized spacial score (nSPS) is 10.6. The molecule has 0 saturated carbocycles. The maximum Gasteiger partial charge on any atom is 0.251 e. The second-order valence-electron chi connectivity index (χ2n) is 4.90. The summed E-state index contributed by atoms with van der Waals surface area (Å²) in [5, 5.41) is 9.19. The molecule has 0 saturated heterocycles. The first-order valence-electron chi connectivity index (χ1n) is 7.12. The van der Waals surface area contributed by atoms with E-state index < -0.39 is 0 Å². The molecular formula is C16H21N3OS. The predicted octanol–water partition coefficient (Wildman–Crippen LogP) is 2.19. The lowest BCUT2D eigenvalue weighted by Crippen LogP contribution is -2.27. The molecule has 0 fully saturated rings. The molecule has 2 aromatic rings. The zero-order chi connectivity index (χ0) is 15.1. The Labute approximate surface area is 129 Å². The highest BCUT2D eigenvalue weighted by atomic mass is 32.1. The number of carbonyl (C=O) groups is 1. The van der Waals surface area contributed by atoms with Gasteiger partial charge in [0, 0.05) is 29.6 Å². The van der Waals surface area contributed by atoms with Gasteiger partial charge in [0.1, 0.15) is 0 Å². The van der Waals surface area contributed by atoms with Gasteiger partial charge >= 0.3 is 0 Å². The van der Waals surface area contributed by atoms with E-state index in [1.165, 1.54) is 0 Å². The van der Waals surface area contributed by atoms with Crippen LogP contribution in [-0.2, 0) is 12.8 Å². The van der Waals surface area contributed by atoms with Gasteiger partial charge < -0.3 is 10.6 Å². The number of hydrogen-bond donors (Lipinski definition) is 2. The number of carbonyl (C=O) groups excluding carboxylic acids is 1. The molecule has 2 N–H and O–H groups in total. The Balaban J connectivity index is 1.90. The van der Waals surface area contributed by atoms with Gasteiger partial charge in [-0.2, -0.15) is 0 Å². The van der Waals surface area contributed by atoms with Gasteiger partial charge in [-0.05, 0) is 38.6 Å².